The lowest BCUT2D eigenvalue weighted by Crippen LogP contribution is -2.49. The number of methoxy groups -OCH3 is 1. The molecule has 0 aromatic carbocycles. The standard InChI is InChI=1S/C11H19NO5Si/c1-16-11(13)8-6-5-7-9(10(8)12(14)15)17-18(2,3)4/h5,7-10H,6H2,1-4H3/t8-,9+,10+/m0/s1. The van der Waals surface area contributed by atoms with E-state index in [4.69, 9.17) is 4.43 Å². The monoisotopic (exact) mass is 273 g/mol. The Bertz CT molecular complexity index is 363. The van der Waals surface area contributed by atoms with E-state index in [1.807, 2.05) is 19.6 Å². The second-order valence-electron chi connectivity index (χ2n) is 5.26. The van der Waals surface area contributed by atoms with Gasteiger partial charge in [0.2, 0.25) is 0 Å². The molecule has 6 nitrogen and oxygen atoms in total. The van der Waals surface area contributed by atoms with Crippen LogP contribution >= 0.6 is 0 Å². The van der Waals surface area contributed by atoms with Gasteiger partial charge in [-0.2, -0.15) is 0 Å². The number of carbonyl (C=O) groups excluding carboxylic acids is 1. The molecular formula is C11H19NO5Si. The predicted molar refractivity (Wildman–Crippen MR) is 68.3 cm³/mol. The lowest BCUT2D eigenvalue weighted by atomic mass is 9.87. The molecule has 0 unspecified atom stereocenters. The van der Waals surface area contributed by atoms with Crippen molar-refractivity contribution in [2.24, 2.45) is 5.92 Å². The van der Waals surface area contributed by atoms with Gasteiger partial charge < -0.3 is 9.16 Å². The van der Waals surface area contributed by atoms with Gasteiger partial charge in [-0.1, -0.05) is 12.2 Å². The van der Waals surface area contributed by atoms with Crippen LogP contribution in [0.2, 0.25) is 19.6 Å². The Morgan fingerprint density at radius 2 is 2.06 bits per heavy atom. The summed E-state index contributed by atoms with van der Waals surface area (Å²) >= 11 is 0. The molecule has 1 aliphatic rings. The summed E-state index contributed by atoms with van der Waals surface area (Å²) in [5, 5.41) is 11.2. The first kappa shape index (κ1) is 14.8. The third-order valence-electron chi connectivity index (χ3n) is 2.70. The number of ether oxygens (including phenoxy) is 1. The molecule has 0 bridgehead atoms. The molecule has 0 aromatic rings. The minimum absolute atomic E-state index is 0.323. The highest BCUT2D eigenvalue weighted by Crippen LogP contribution is 2.27. The van der Waals surface area contributed by atoms with Gasteiger partial charge in [0.25, 0.3) is 6.04 Å². The summed E-state index contributed by atoms with van der Waals surface area (Å²) in [5.74, 6) is -1.32. The van der Waals surface area contributed by atoms with Crippen LogP contribution in [-0.2, 0) is 14.0 Å². The van der Waals surface area contributed by atoms with Gasteiger partial charge in [0.15, 0.2) is 8.32 Å². The van der Waals surface area contributed by atoms with Crippen molar-refractivity contribution in [3.63, 3.8) is 0 Å². The molecule has 18 heavy (non-hydrogen) atoms. The first-order chi connectivity index (χ1) is 8.26. The van der Waals surface area contributed by atoms with Crippen LogP contribution in [0.3, 0.4) is 0 Å². The molecule has 3 atom stereocenters. The molecule has 0 fully saturated rings. The van der Waals surface area contributed by atoms with E-state index < -0.39 is 37.3 Å². The van der Waals surface area contributed by atoms with E-state index in [9.17, 15) is 14.9 Å². The zero-order chi connectivity index (χ0) is 13.9. The Morgan fingerprint density at radius 3 is 2.50 bits per heavy atom. The first-order valence-corrected chi connectivity index (χ1v) is 9.23. The van der Waals surface area contributed by atoms with Crippen molar-refractivity contribution in [2.75, 3.05) is 7.11 Å². The lowest BCUT2D eigenvalue weighted by molar-refractivity contribution is -0.538. The number of nitro groups is 1. The van der Waals surface area contributed by atoms with Crippen molar-refractivity contribution >= 4 is 14.3 Å². The highest BCUT2D eigenvalue weighted by atomic mass is 28.4. The van der Waals surface area contributed by atoms with Gasteiger partial charge in [-0.05, 0) is 26.1 Å². The van der Waals surface area contributed by atoms with Crippen molar-refractivity contribution < 1.29 is 18.9 Å². The van der Waals surface area contributed by atoms with E-state index in [0.717, 1.165) is 0 Å². The number of esters is 1. The van der Waals surface area contributed by atoms with Crippen LogP contribution in [0, 0.1) is 16.0 Å². The van der Waals surface area contributed by atoms with Crippen molar-refractivity contribution in [1.29, 1.82) is 0 Å². The van der Waals surface area contributed by atoms with E-state index in [1.54, 1.807) is 12.2 Å². The molecule has 0 spiro atoms. The van der Waals surface area contributed by atoms with E-state index in [0.29, 0.717) is 6.42 Å². The fourth-order valence-corrected chi connectivity index (χ4v) is 3.05. The smallest absolute Gasteiger partial charge is 0.316 e. The topological polar surface area (TPSA) is 78.7 Å². The van der Waals surface area contributed by atoms with E-state index in [2.05, 4.69) is 4.74 Å². The SMILES string of the molecule is COC(=O)[C@H]1CC=C[C@@H](O[Si](C)(C)C)[C@@H]1[N+](=O)[O-]. The number of hydrogen-bond acceptors (Lipinski definition) is 5. The molecular weight excluding hydrogens is 254 g/mol. The van der Waals surface area contributed by atoms with Gasteiger partial charge in [-0.15, -0.1) is 0 Å². The molecule has 0 saturated heterocycles. The summed E-state index contributed by atoms with van der Waals surface area (Å²) in [6.45, 7) is 5.87. The summed E-state index contributed by atoms with van der Waals surface area (Å²) in [6.07, 6.45) is 3.12. The Morgan fingerprint density at radius 1 is 1.44 bits per heavy atom. The Hall–Kier alpha value is -1.21. The maximum absolute atomic E-state index is 11.6. The molecule has 7 heteroatoms. The lowest BCUT2D eigenvalue weighted by Gasteiger charge is -2.31. The average molecular weight is 273 g/mol. The van der Waals surface area contributed by atoms with Crippen LogP contribution in [0.15, 0.2) is 12.2 Å². The van der Waals surface area contributed by atoms with Crippen LogP contribution in [-0.4, -0.2) is 38.5 Å². The zero-order valence-electron chi connectivity index (χ0n) is 11.1. The largest absolute Gasteiger partial charge is 0.469 e. The highest BCUT2D eigenvalue weighted by molar-refractivity contribution is 6.69. The maximum atomic E-state index is 11.6. The van der Waals surface area contributed by atoms with Crippen LogP contribution in [0.25, 0.3) is 0 Å². The quantitative estimate of drug-likeness (QED) is 0.255. The Balaban J connectivity index is 2.96. The summed E-state index contributed by atoms with van der Waals surface area (Å²) < 4.78 is 10.4. The fourth-order valence-electron chi connectivity index (χ4n) is 2.01. The maximum Gasteiger partial charge on any atom is 0.316 e. The summed E-state index contributed by atoms with van der Waals surface area (Å²) in [6, 6.07) is -1.06. The Kier molecular flexibility index (Phi) is 4.63. The van der Waals surface area contributed by atoms with Crippen LogP contribution in [0.1, 0.15) is 6.42 Å². The molecule has 102 valence electrons. The predicted octanol–water partition coefficient (Wildman–Crippen LogP) is 1.60. The van der Waals surface area contributed by atoms with Crippen molar-refractivity contribution in [3.05, 3.63) is 22.3 Å². The van der Waals surface area contributed by atoms with Crippen LogP contribution < -0.4 is 0 Å². The fraction of sp³-hybridized carbons (Fsp3) is 0.727. The van der Waals surface area contributed by atoms with Crippen LogP contribution in [0.5, 0.6) is 0 Å². The minimum Gasteiger partial charge on any atom is -0.469 e. The molecule has 0 aromatic heterocycles. The third kappa shape index (κ3) is 3.64. The van der Waals surface area contributed by atoms with Crippen LogP contribution in [0.4, 0.5) is 0 Å². The van der Waals surface area contributed by atoms with E-state index in [1.165, 1.54) is 7.11 Å². The van der Waals surface area contributed by atoms with Gasteiger partial charge >= 0.3 is 5.97 Å². The average Bonchev–Trinajstić information content (AvgIpc) is 2.25. The molecule has 0 radical (unpaired) electrons. The van der Waals surface area contributed by atoms with E-state index >= 15 is 0 Å². The molecule has 1 aliphatic carbocycles. The van der Waals surface area contributed by atoms with Gasteiger partial charge in [-0.25, -0.2) is 0 Å². The number of nitrogens with zero attached hydrogens (tertiary/aromatic N) is 1. The minimum atomic E-state index is -1.91. The van der Waals surface area contributed by atoms with Gasteiger partial charge in [0, 0.05) is 4.92 Å². The van der Waals surface area contributed by atoms with Gasteiger partial charge in [-0.3, -0.25) is 14.9 Å². The highest BCUT2D eigenvalue weighted by Gasteiger charge is 2.46. The molecule has 0 N–H and O–H groups in total. The van der Waals surface area contributed by atoms with Gasteiger partial charge in [0.05, 0.1) is 7.11 Å². The zero-order valence-corrected chi connectivity index (χ0v) is 12.1. The number of rotatable bonds is 4. The molecule has 1 rings (SSSR count). The van der Waals surface area contributed by atoms with Crippen molar-refractivity contribution in [2.45, 2.75) is 38.2 Å². The summed E-state index contributed by atoms with van der Waals surface area (Å²) in [5.41, 5.74) is 0. The van der Waals surface area contributed by atoms with E-state index in [-0.39, 0.29) is 0 Å². The van der Waals surface area contributed by atoms with Gasteiger partial charge in [0.1, 0.15) is 12.0 Å². The second-order valence-corrected chi connectivity index (χ2v) is 9.72. The second kappa shape index (κ2) is 5.62. The summed E-state index contributed by atoms with van der Waals surface area (Å²) in [4.78, 5) is 22.3. The molecule has 0 heterocycles. The summed E-state index contributed by atoms with van der Waals surface area (Å²) in [7, 11) is -0.673. The Labute approximate surface area is 107 Å². The number of allylic oxidation sites excluding steroid dienone is 1. The number of hydrogen-bond donors (Lipinski definition) is 0. The van der Waals surface area contributed by atoms with Crippen molar-refractivity contribution in [1.82, 2.24) is 0 Å². The number of carbonyl (C=O) groups is 1. The molecule has 0 amide bonds. The third-order valence-corrected chi connectivity index (χ3v) is 3.68. The molecule has 0 saturated carbocycles. The normalized spacial score (nSPS) is 27.9. The van der Waals surface area contributed by atoms with Crippen molar-refractivity contribution in [3.8, 4) is 0 Å². The molecule has 0 aliphatic heterocycles. The first-order valence-electron chi connectivity index (χ1n) is 5.82.